The second-order valence-corrected chi connectivity index (χ2v) is 7.63. The Balaban J connectivity index is 1.57. The van der Waals surface area contributed by atoms with Crippen molar-refractivity contribution in [3.8, 4) is 0 Å². The van der Waals surface area contributed by atoms with Gasteiger partial charge in [-0.05, 0) is 19.3 Å². The Morgan fingerprint density at radius 3 is 2.48 bits per heavy atom. The highest BCUT2D eigenvalue weighted by molar-refractivity contribution is 5.81. The maximum atomic E-state index is 12.5. The van der Waals surface area contributed by atoms with Crippen molar-refractivity contribution in [1.29, 1.82) is 0 Å². The van der Waals surface area contributed by atoms with Crippen LogP contribution in [0.15, 0.2) is 0 Å². The van der Waals surface area contributed by atoms with Crippen molar-refractivity contribution < 1.29 is 54.9 Å². The van der Waals surface area contributed by atoms with Crippen LogP contribution in [0.4, 0.5) is 26.3 Å². The largest absolute Gasteiger partial charge is 0.458 e. The SMILES string of the molecule is CCCC(=O)OC1C2CC3C1OC(=O)C3(COCOC(C(F)(F)F)C(F)(F)F)C2. The van der Waals surface area contributed by atoms with Gasteiger partial charge in [-0.15, -0.1) is 0 Å². The standard InChI is InChI=1S/C17H20F6O6/c1-2-3-10(24)28-11-8-4-9-12(11)29-14(25)15(9,5-8)6-26-7-27-13(16(18,19)20)17(21,22)23/h8-9,11-13H,2-7H2,1H3. The first-order chi connectivity index (χ1) is 13.4. The van der Waals surface area contributed by atoms with Crippen LogP contribution >= 0.6 is 0 Å². The number of fused-ring (bicyclic) bond motifs is 1. The van der Waals surface area contributed by atoms with Gasteiger partial charge >= 0.3 is 24.3 Å². The lowest BCUT2D eigenvalue weighted by molar-refractivity contribution is -0.336. The van der Waals surface area contributed by atoms with Gasteiger partial charge in [-0.3, -0.25) is 9.59 Å². The lowest BCUT2D eigenvalue weighted by Gasteiger charge is -2.32. The molecule has 1 heterocycles. The summed E-state index contributed by atoms with van der Waals surface area (Å²) >= 11 is 0. The zero-order valence-corrected chi connectivity index (χ0v) is 15.3. The summed E-state index contributed by atoms with van der Waals surface area (Å²) in [5, 5.41) is 0. The Bertz CT molecular complexity index is 635. The number of carbonyl (C=O) groups is 2. The number of carbonyl (C=O) groups excluding carboxylic acids is 2. The predicted molar refractivity (Wildman–Crippen MR) is 81.1 cm³/mol. The molecule has 0 spiro atoms. The first-order valence-electron chi connectivity index (χ1n) is 9.13. The molecule has 1 aliphatic heterocycles. The molecule has 0 amide bonds. The number of hydrogen-bond donors (Lipinski definition) is 0. The molecule has 29 heavy (non-hydrogen) atoms. The maximum absolute atomic E-state index is 12.5. The molecule has 3 rings (SSSR count). The Hall–Kier alpha value is -1.56. The second-order valence-electron chi connectivity index (χ2n) is 7.63. The van der Waals surface area contributed by atoms with E-state index in [1.54, 1.807) is 0 Å². The third-order valence-corrected chi connectivity index (χ3v) is 5.72. The molecule has 6 nitrogen and oxygen atoms in total. The number of hydrogen-bond acceptors (Lipinski definition) is 6. The van der Waals surface area contributed by atoms with Gasteiger partial charge in [0, 0.05) is 18.3 Å². The molecule has 0 radical (unpaired) electrons. The first-order valence-corrected chi connectivity index (χ1v) is 9.13. The third-order valence-electron chi connectivity index (χ3n) is 5.72. The van der Waals surface area contributed by atoms with E-state index in [2.05, 4.69) is 4.74 Å². The van der Waals surface area contributed by atoms with Gasteiger partial charge in [-0.25, -0.2) is 0 Å². The van der Waals surface area contributed by atoms with Crippen molar-refractivity contribution in [2.45, 2.75) is 63.3 Å². The quantitative estimate of drug-likeness (QED) is 0.253. The van der Waals surface area contributed by atoms with Crippen molar-refractivity contribution in [2.75, 3.05) is 13.4 Å². The van der Waals surface area contributed by atoms with Gasteiger partial charge in [0.1, 0.15) is 19.0 Å². The molecule has 0 aromatic rings. The van der Waals surface area contributed by atoms with Gasteiger partial charge in [0.15, 0.2) is 0 Å². The van der Waals surface area contributed by atoms with Crippen LogP contribution in [0.2, 0.25) is 0 Å². The summed E-state index contributed by atoms with van der Waals surface area (Å²) in [5.74, 6) is -1.61. The van der Waals surface area contributed by atoms with Crippen LogP contribution in [0.3, 0.4) is 0 Å². The van der Waals surface area contributed by atoms with Gasteiger partial charge in [-0.1, -0.05) is 6.92 Å². The Labute approximate surface area is 161 Å². The van der Waals surface area contributed by atoms with Crippen molar-refractivity contribution in [3.05, 3.63) is 0 Å². The van der Waals surface area contributed by atoms with Crippen LogP contribution in [0.25, 0.3) is 0 Å². The van der Waals surface area contributed by atoms with Gasteiger partial charge in [-0.2, -0.15) is 26.3 Å². The van der Waals surface area contributed by atoms with Gasteiger partial charge in [0.25, 0.3) is 6.10 Å². The Morgan fingerprint density at radius 1 is 1.24 bits per heavy atom. The van der Waals surface area contributed by atoms with E-state index >= 15 is 0 Å². The summed E-state index contributed by atoms with van der Waals surface area (Å²) in [6.07, 6.45) is -15.0. The lowest BCUT2D eigenvalue weighted by Crippen LogP contribution is -2.45. The zero-order valence-electron chi connectivity index (χ0n) is 15.3. The first kappa shape index (κ1) is 22.1. The van der Waals surface area contributed by atoms with Crippen LogP contribution < -0.4 is 0 Å². The summed E-state index contributed by atoms with van der Waals surface area (Å²) < 4.78 is 94.3. The van der Waals surface area contributed by atoms with E-state index in [0.29, 0.717) is 12.8 Å². The second kappa shape index (κ2) is 7.60. The normalized spacial score (nSPS) is 33.4. The van der Waals surface area contributed by atoms with Crippen molar-refractivity contribution in [3.63, 3.8) is 0 Å². The third kappa shape index (κ3) is 4.05. The zero-order chi connectivity index (χ0) is 21.6. The molecule has 2 aliphatic carbocycles. The molecule has 0 aromatic carbocycles. The molecular formula is C17H20F6O6. The van der Waals surface area contributed by atoms with Gasteiger partial charge in [0.05, 0.1) is 12.0 Å². The van der Waals surface area contributed by atoms with Crippen LogP contribution in [0.1, 0.15) is 32.6 Å². The van der Waals surface area contributed by atoms with Crippen molar-refractivity contribution >= 4 is 11.9 Å². The van der Waals surface area contributed by atoms with E-state index in [9.17, 15) is 35.9 Å². The number of halogens is 6. The van der Waals surface area contributed by atoms with Crippen LogP contribution in [0.5, 0.6) is 0 Å². The summed E-state index contributed by atoms with van der Waals surface area (Å²) in [6, 6.07) is 0. The average Bonchev–Trinajstić information content (AvgIpc) is 3.14. The van der Waals surface area contributed by atoms with E-state index in [1.807, 2.05) is 6.92 Å². The highest BCUT2D eigenvalue weighted by Crippen LogP contribution is 2.62. The van der Waals surface area contributed by atoms with Gasteiger partial charge < -0.3 is 18.9 Å². The molecule has 0 N–H and O–H groups in total. The molecule has 2 bridgehead atoms. The van der Waals surface area contributed by atoms with E-state index in [1.165, 1.54) is 0 Å². The monoisotopic (exact) mass is 434 g/mol. The fourth-order valence-electron chi connectivity index (χ4n) is 4.59. The summed E-state index contributed by atoms with van der Waals surface area (Å²) in [6.45, 7) is 0.0987. The van der Waals surface area contributed by atoms with Gasteiger partial charge in [0.2, 0.25) is 0 Å². The summed E-state index contributed by atoms with van der Waals surface area (Å²) in [5.41, 5.74) is -1.17. The number of ether oxygens (including phenoxy) is 4. The van der Waals surface area contributed by atoms with E-state index in [-0.39, 0.29) is 24.7 Å². The smallest absolute Gasteiger partial charge is 0.423 e. The minimum Gasteiger partial charge on any atom is -0.458 e. The molecule has 5 atom stereocenters. The molecule has 3 fully saturated rings. The number of rotatable bonds is 8. The average molecular weight is 434 g/mol. The number of alkyl halides is 6. The molecule has 2 saturated carbocycles. The highest BCUT2D eigenvalue weighted by Gasteiger charge is 2.71. The molecule has 0 aromatic heterocycles. The molecular weight excluding hydrogens is 414 g/mol. The van der Waals surface area contributed by atoms with E-state index in [0.717, 1.165) is 0 Å². The molecule has 3 aliphatic rings. The lowest BCUT2D eigenvalue weighted by atomic mass is 9.74. The van der Waals surface area contributed by atoms with Crippen molar-refractivity contribution in [1.82, 2.24) is 0 Å². The van der Waals surface area contributed by atoms with E-state index in [4.69, 9.17) is 14.2 Å². The van der Waals surface area contributed by atoms with Crippen LogP contribution in [0, 0.1) is 17.3 Å². The minimum absolute atomic E-state index is 0.181. The van der Waals surface area contributed by atoms with Crippen LogP contribution in [-0.4, -0.2) is 56.0 Å². The fraction of sp³-hybridized carbons (Fsp3) is 0.882. The maximum Gasteiger partial charge on any atom is 0.423 e. The van der Waals surface area contributed by atoms with Crippen molar-refractivity contribution in [2.24, 2.45) is 17.3 Å². The van der Waals surface area contributed by atoms with Crippen LogP contribution in [-0.2, 0) is 28.5 Å². The topological polar surface area (TPSA) is 71.1 Å². The van der Waals surface area contributed by atoms with E-state index < -0.39 is 61.4 Å². The highest BCUT2D eigenvalue weighted by atomic mass is 19.4. The Kier molecular flexibility index (Phi) is 5.80. The number of esters is 2. The molecule has 166 valence electrons. The summed E-state index contributed by atoms with van der Waals surface area (Å²) in [7, 11) is 0. The molecule has 1 saturated heterocycles. The Morgan fingerprint density at radius 2 is 1.90 bits per heavy atom. The summed E-state index contributed by atoms with van der Waals surface area (Å²) in [4.78, 5) is 24.1. The predicted octanol–water partition coefficient (Wildman–Crippen LogP) is 3.13. The fourth-order valence-corrected chi connectivity index (χ4v) is 4.59. The molecule has 5 unspecified atom stereocenters. The minimum atomic E-state index is -5.64. The molecule has 12 heteroatoms.